The highest BCUT2D eigenvalue weighted by molar-refractivity contribution is 6.09. The quantitative estimate of drug-likeness (QED) is 0.546. The van der Waals surface area contributed by atoms with Crippen LogP contribution in [0.2, 0.25) is 0 Å². The van der Waals surface area contributed by atoms with Crippen molar-refractivity contribution < 1.29 is 14.0 Å². The zero-order chi connectivity index (χ0) is 10.7. The molecular weight excluding hydrogens is 183 g/mol. The van der Waals surface area contributed by atoms with Gasteiger partial charge in [-0.2, -0.15) is 0 Å². The van der Waals surface area contributed by atoms with Gasteiger partial charge in [0.2, 0.25) is 0 Å². The summed E-state index contributed by atoms with van der Waals surface area (Å²) in [5, 5.41) is 0. The van der Waals surface area contributed by atoms with E-state index < -0.39 is 17.5 Å². The summed E-state index contributed by atoms with van der Waals surface area (Å²) in [6, 6.07) is 5.67. The average Bonchev–Trinajstić information content (AvgIpc) is 2.16. The van der Waals surface area contributed by atoms with Gasteiger partial charge in [-0.05, 0) is 26.0 Å². The maximum absolute atomic E-state index is 13.1. The van der Waals surface area contributed by atoms with E-state index in [9.17, 15) is 14.0 Å². The molecule has 0 aliphatic heterocycles. The van der Waals surface area contributed by atoms with Crippen molar-refractivity contribution in [3.8, 4) is 0 Å². The first-order valence-electron chi connectivity index (χ1n) is 4.33. The highest BCUT2D eigenvalue weighted by Gasteiger charge is 2.21. The smallest absolute Gasteiger partial charge is 0.175 e. The fraction of sp³-hybridized carbons (Fsp3) is 0.273. The molecule has 2 nitrogen and oxygen atoms in total. The number of hydrogen-bond donors (Lipinski definition) is 0. The normalized spacial score (nSPS) is 12.2. The van der Waals surface area contributed by atoms with Gasteiger partial charge in [-0.15, -0.1) is 0 Å². The van der Waals surface area contributed by atoms with Crippen LogP contribution in [0.15, 0.2) is 24.3 Å². The van der Waals surface area contributed by atoms with Gasteiger partial charge < -0.3 is 0 Å². The average molecular weight is 194 g/mol. The first-order valence-corrected chi connectivity index (χ1v) is 4.33. The van der Waals surface area contributed by atoms with Crippen molar-refractivity contribution in [3.63, 3.8) is 0 Å². The molecule has 0 aliphatic rings. The summed E-state index contributed by atoms with van der Waals surface area (Å²) in [5.74, 6) is -2.06. The zero-order valence-corrected chi connectivity index (χ0v) is 8.08. The molecule has 14 heavy (non-hydrogen) atoms. The molecule has 1 aromatic carbocycles. The van der Waals surface area contributed by atoms with Crippen molar-refractivity contribution in [1.82, 2.24) is 0 Å². The van der Waals surface area contributed by atoms with E-state index in [0.717, 1.165) is 0 Å². The molecule has 1 rings (SSSR count). The summed E-state index contributed by atoms with van der Waals surface area (Å²) < 4.78 is 13.1. The van der Waals surface area contributed by atoms with E-state index in [1.54, 1.807) is 6.07 Å². The number of rotatable bonds is 3. The van der Waals surface area contributed by atoms with Crippen molar-refractivity contribution in [1.29, 1.82) is 0 Å². The Bertz CT molecular complexity index is 371. The van der Waals surface area contributed by atoms with Crippen molar-refractivity contribution >= 4 is 11.6 Å². The minimum atomic E-state index is -0.771. The lowest BCUT2D eigenvalue weighted by atomic mass is 9.96. The number of carbonyl (C=O) groups excluding carboxylic acids is 2. The molecule has 1 atom stereocenters. The predicted octanol–water partition coefficient (Wildman–Crippen LogP) is 2.23. The number of ketones is 2. The molecule has 0 spiro atoms. The van der Waals surface area contributed by atoms with E-state index in [1.807, 2.05) is 0 Å². The van der Waals surface area contributed by atoms with Crippen LogP contribution in [0.25, 0.3) is 0 Å². The van der Waals surface area contributed by atoms with Gasteiger partial charge in [-0.3, -0.25) is 9.59 Å². The molecule has 0 saturated heterocycles. The van der Waals surface area contributed by atoms with E-state index >= 15 is 0 Å². The van der Waals surface area contributed by atoms with Crippen LogP contribution in [0.3, 0.4) is 0 Å². The SMILES string of the molecule is CC(=O)C(C)C(=O)c1ccccc1F. The molecule has 3 heteroatoms. The second kappa shape index (κ2) is 4.13. The molecule has 0 fully saturated rings. The Morgan fingerprint density at radius 2 is 1.86 bits per heavy atom. The van der Waals surface area contributed by atoms with Crippen LogP contribution in [0.4, 0.5) is 4.39 Å². The number of halogens is 1. The lowest BCUT2D eigenvalue weighted by molar-refractivity contribution is -0.118. The van der Waals surface area contributed by atoms with Gasteiger partial charge in [0.05, 0.1) is 11.5 Å². The third-order valence-corrected chi connectivity index (χ3v) is 2.14. The summed E-state index contributed by atoms with van der Waals surface area (Å²) in [4.78, 5) is 22.5. The molecule has 0 amide bonds. The largest absolute Gasteiger partial charge is 0.299 e. The molecule has 0 N–H and O–H groups in total. The Balaban J connectivity index is 3.01. The van der Waals surface area contributed by atoms with Gasteiger partial charge in [-0.1, -0.05) is 12.1 Å². The van der Waals surface area contributed by atoms with Crippen LogP contribution in [0.1, 0.15) is 24.2 Å². The summed E-state index contributed by atoms with van der Waals surface area (Å²) in [5.41, 5.74) is -0.0183. The lowest BCUT2D eigenvalue weighted by Gasteiger charge is -2.06. The maximum atomic E-state index is 13.1. The van der Waals surface area contributed by atoms with E-state index in [4.69, 9.17) is 0 Å². The summed E-state index contributed by atoms with van der Waals surface area (Å²) in [6.07, 6.45) is 0. The number of carbonyl (C=O) groups is 2. The van der Waals surface area contributed by atoms with Crippen molar-refractivity contribution in [2.45, 2.75) is 13.8 Å². The molecule has 1 unspecified atom stereocenters. The first-order chi connectivity index (χ1) is 6.54. The van der Waals surface area contributed by atoms with Crippen molar-refractivity contribution in [3.05, 3.63) is 35.6 Å². The Labute approximate surface area is 81.7 Å². The number of hydrogen-bond acceptors (Lipinski definition) is 2. The van der Waals surface area contributed by atoms with Crippen LogP contribution >= 0.6 is 0 Å². The van der Waals surface area contributed by atoms with E-state index in [-0.39, 0.29) is 11.3 Å². The summed E-state index contributed by atoms with van der Waals surface area (Å²) in [7, 11) is 0. The topological polar surface area (TPSA) is 34.1 Å². The Kier molecular flexibility index (Phi) is 3.12. The first kappa shape index (κ1) is 10.6. The number of Topliss-reactive ketones (excluding diaryl/α,β-unsaturated/α-hetero) is 2. The monoisotopic (exact) mass is 194 g/mol. The molecule has 0 aromatic heterocycles. The van der Waals surface area contributed by atoms with Gasteiger partial charge in [0.1, 0.15) is 11.6 Å². The van der Waals surface area contributed by atoms with Crippen molar-refractivity contribution in [2.24, 2.45) is 5.92 Å². The van der Waals surface area contributed by atoms with E-state index in [0.29, 0.717) is 0 Å². The fourth-order valence-corrected chi connectivity index (χ4v) is 1.08. The molecule has 74 valence electrons. The number of benzene rings is 1. The van der Waals surface area contributed by atoms with E-state index in [2.05, 4.69) is 0 Å². The highest BCUT2D eigenvalue weighted by atomic mass is 19.1. The fourth-order valence-electron chi connectivity index (χ4n) is 1.08. The summed E-state index contributed by atoms with van der Waals surface area (Å²) in [6.45, 7) is 2.81. The van der Waals surface area contributed by atoms with Gasteiger partial charge in [0, 0.05) is 0 Å². The standard InChI is InChI=1S/C11H11FO2/c1-7(8(2)13)11(14)9-5-3-4-6-10(9)12/h3-7H,1-2H3. The molecule has 0 heterocycles. The second-order valence-electron chi connectivity index (χ2n) is 3.18. The highest BCUT2D eigenvalue weighted by Crippen LogP contribution is 2.13. The van der Waals surface area contributed by atoms with Crippen LogP contribution in [0.5, 0.6) is 0 Å². The second-order valence-corrected chi connectivity index (χ2v) is 3.18. The van der Waals surface area contributed by atoms with Gasteiger partial charge in [0.15, 0.2) is 5.78 Å². The third kappa shape index (κ3) is 2.05. The third-order valence-electron chi connectivity index (χ3n) is 2.14. The van der Waals surface area contributed by atoms with Gasteiger partial charge in [0.25, 0.3) is 0 Å². The van der Waals surface area contributed by atoms with Gasteiger partial charge in [-0.25, -0.2) is 4.39 Å². The molecular formula is C11H11FO2. The van der Waals surface area contributed by atoms with Crippen LogP contribution in [0, 0.1) is 11.7 Å². The molecule has 0 radical (unpaired) electrons. The molecule has 0 aliphatic carbocycles. The Morgan fingerprint density at radius 1 is 1.29 bits per heavy atom. The summed E-state index contributed by atoms with van der Waals surface area (Å²) >= 11 is 0. The van der Waals surface area contributed by atoms with Crippen LogP contribution in [-0.2, 0) is 4.79 Å². The molecule has 0 bridgehead atoms. The lowest BCUT2D eigenvalue weighted by Crippen LogP contribution is -2.19. The molecule has 0 saturated carbocycles. The Hall–Kier alpha value is -1.51. The predicted molar refractivity (Wildman–Crippen MR) is 50.6 cm³/mol. The zero-order valence-electron chi connectivity index (χ0n) is 8.08. The minimum Gasteiger partial charge on any atom is -0.299 e. The van der Waals surface area contributed by atoms with E-state index in [1.165, 1.54) is 32.0 Å². The Morgan fingerprint density at radius 3 is 2.36 bits per heavy atom. The van der Waals surface area contributed by atoms with Crippen LogP contribution < -0.4 is 0 Å². The van der Waals surface area contributed by atoms with Gasteiger partial charge >= 0.3 is 0 Å². The molecule has 1 aromatic rings. The maximum Gasteiger partial charge on any atom is 0.175 e. The van der Waals surface area contributed by atoms with Crippen molar-refractivity contribution in [2.75, 3.05) is 0 Å². The van der Waals surface area contributed by atoms with Crippen LogP contribution in [-0.4, -0.2) is 11.6 Å². The minimum absolute atomic E-state index is 0.0183.